The van der Waals surface area contributed by atoms with E-state index in [1.54, 1.807) is 0 Å². The van der Waals surface area contributed by atoms with E-state index >= 15 is 0 Å². The molecule has 1 aromatic rings. The average molecular weight is 250 g/mol. The van der Waals surface area contributed by atoms with Gasteiger partial charge in [0.15, 0.2) is 0 Å². The molecule has 0 radical (unpaired) electrons. The smallest absolute Gasteiger partial charge is 0.225 e. The van der Waals surface area contributed by atoms with Gasteiger partial charge >= 0.3 is 0 Å². The molecule has 3 nitrogen and oxygen atoms in total. The number of aromatic nitrogens is 3. The fourth-order valence-electron chi connectivity index (χ4n) is 1.41. The van der Waals surface area contributed by atoms with Crippen LogP contribution in [0.3, 0.4) is 0 Å². The van der Waals surface area contributed by atoms with Gasteiger partial charge in [-0.3, -0.25) is 0 Å². The van der Waals surface area contributed by atoms with Crippen LogP contribution in [0.1, 0.15) is 5.82 Å². The van der Waals surface area contributed by atoms with Crippen molar-refractivity contribution >= 4 is 35.1 Å². The number of halogens is 1. The second-order valence-electron chi connectivity index (χ2n) is 3.19. The molecule has 78 valence electrons. The first-order chi connectivity index (χ1) is 6.77. The van der Waals surface area contributed by atoms with Crippen LogP contribution in [0.5, 0.6) is 0 Å². The van der Waals surface area contributed by atoms with Crippen molar-refractivity contribution in [1.29, 1.82) is 0 Å². The Morgan fingerprint density at radius 1 is 1.50 bits per heavy atom. The molecule has 2 heterocycles. The van der Waals surface area contributed by atoms with Gasteiger partial charge in [0.1, 0.15) is 5.82 Å². The van der Waals surface area contributed by atoms with Crippen molar-refractivity contribution in [2.45, 2.75) is 18.7 Å². The number of aryl methyl sites for hydroxylation is 1. The highest BCUT2D eigenvalue weighted by atomic mass is 35.5. The van der Waals surface area contributed by atoms with Gasteiger partial charge in [0, 0.05) is 29.1 Å². The minimum Gasteiger partial charge on any atom is -0.301 e. The summed E-state index contributed by atoms with van der Waals surface area (Å²) in [6.07, 6.45) is 0. The van der Waals surface area contributed by atoms with Crippen LogP contribution in [-0.2, 0) is 6.54 Å². The normalized spacial score (nSPS) is 22.6. The molecule has 2 rings (SSSR count). The summed E-state index contributed by atoms with van der Waals surface area (Å²) < 4.78 is 1.99. The van der Waals surface area contributed by atoms with Crippen molar-refractivity contribution in [2.24, 2.45) is 0 Å². The van der Waals surface area contributed by atoms with E-state index < -0.39 is 0 Å². The van der Waals surface area contributed by atoms with Crippen LogP contribution in [-0.4, -0.2) is 37.3 Å². The molecule has 1 saturated heterocycles. The first kappa shape index (κ1) is 10.6. The zero-order valence-corrected chi connectivity index (χ0v) is 10.3. The second kappa shape index (κ2) is 4.77. The molecule has 0 aliphatic carbocycles. The van der Waals surface area contributed by atoms with E-state index in [2.05, 4.69) is 10.2 Å². The van der Waals surface area contributed by atoms with Crippen LogP contribution in [0.25, 0.3) is 0 Å². The lowest BCUT2D eigenvalue weighted by Crippen LogP contribution is -2.21. The van der Waals surface area contributed by atoms with E-state index in [4.69, 9.17) is 11.6 Å². The monoisotopic (exact) mass is 249 g/mol. The Labute approximate surface area is 97.0 Å². The minimum absolute atomic E-state index is 0.513. The molecule has 1 aliphatic rings. The molecule has 0 spiro atoms. The number of thioether (sulfide) groups is 2. The molecule has 0 bridgehead atoms. The molecule has 1 aromatic heterocycles. The van der Waals surface area contributed by atoms with Crippen molar-refractivity contribution in [2.75, 3.05) is 17.3 Å². The maximum Gasteiger partial charge on any atom is 0.225 e. The van der Waals surface area contributed by atoms with Gasteiger partial charge in [-0.2, -0.15) is 23.5 Å². The van der Waals surface area contributed by atoms with Gasteiger partial charge in [-0.1, -0.05) is 0 Å². The lowest BCUT2D eigenvalue weighted by molar-refractivity contribution is 0.672. The van der Waals surface area contributed by atoms with Crippen LogP contribution >= 0.6 is 35.1 Å². The highest BCUT2D eigenvalue weighted by Crippen LogP contribution is 2.26. The minimum atomic E-state index is 0.513. The Bertz CT molecular complexity index is 290. The Hall–Kier alpha value is 0.130. The Morgan fingerprint density at radius 3 is 2.93 bits per heavy atom. The predicted octanol–water partition coefficient (Wildman–Crippen LogP) is 2.09. The van der Waals surface area contributed by atoms with Crippen molar-refractivity contribution in [3.8, 4) is 0 Å². The van der Waals surface area contributed by atoms with E-state index in [1.807, 2.05) is 35.0 Å². The fourth-order valence-corrected chi connectivity index (χ4v) is 4.29. The van der Waals surface area contributed by atoms with E-state index in [0.29, 0.717) is 10.5 Å². The van der Waals surface area contributed by atoms with Crippen molar-refractivity contribution < 1.29 is 0 Å². The molecule has 0 amide bonds. The van der Waals surface area contributed by atoms with Gasteiger partial charge in [-0.05, 0) is 18.5 Å². The van der Waals surface area contributed by atoms with E-state index in [1.165, 1.54) is 17.3 Å². The average Bonchev–Trinajstić information content (AvgIpc) is 2.51. The lowest BCUT2D eigenvalue weighted by Gasteiger charge is -2.21. The maximum absolute atomic E-state index is 5.94. The largest absolute Gasteiger partial charge is 0.301 e. The third kappa shape index (κ3) is 2.38. The summed E-state index contributed by atoms with van der Waals surface area (Å²) in [7, 11) is 0. The third-order valence-corrected chi connectivity index (χ3v) is 5.27. The van der Waals surface area contributed by atoms with Crippen LogP contribution in [0, 0.1) is 6.92 Å². The standard InChI is InChI=1S/C8H12ClN3S2/c1-6-10-11-8(9)12(6)4-7-5-13-2-3-14-7/h7H,2-5H2,1H3. The van der Waals surface area contributed by atoms with Crippen molar-refractivity contribution in [3.05, 3.63) is 11.1 Å². The molecule has 6 heteroatoms. The summed E-state index contributed by atoms with van der Waals surface area (Å²) >= 11 is 9.98. The number of rotatable bonds is 2. The molecule has 1 atom stereocenters. The molecule has 0 saturated carbocycles. The van der Waals surface area contributed by atoms with Gasteiger partial charge in [-0.25, -0.2) is 0 Å². The van der Waals surface area contributed by atoms with E-state index in [-0.39, 0.29) is 0 Å². The van der Waals surface area contributed by atoms with Crippen LogP contribution in [0.4, 0.5) is 0 Å². The van der Waals surface area contributed by atoms with Gasteiger partial charge in [0.05, 0.1) is 0 Å². The fraction of sp³-hybridized carbons (Fsp3) is 0.750. The summed E-state index contributed by atoms with van der Waals surface area (Å²) in [4.78, 5) is 0. The molecule has 14 heavy (non-hydrogen) atoms. The second-order valence-corrected chi connectivity index (χ2v) is 6.09. The van der Waals surface area contributed by atoms with Crippen LogP contribution in [0.15, 0.2) is 0 Å². The van der Waals surface area contributed by atoms with E-state index in [0.717, 1.165) is 12.4 Å². The SMILES string of the molecule is Cc1nnc(Cl)n1CC1CSCCS1. The molecule has 1 aliphatic heterocycles. The van der Waals surface area contributed by atoms with Gasteiger partial charge < -0.3 is 4.57 Å². The molecular formula is C8H12ClN3S2. The highest BCUT2D eigenvalue weighted by Gasteiger charge is 2.17. The Morgan fingerprint density at radius 2 is 2.36 bits per heavy atom. The van der Waals surface area contributed by atoms with Gasteiger partial charge in [0.2, 0.25) is 5.28 Å². The molecule has 0 N–H and O–H groups in total. The van der Waals surface area contributed by atoms with Crippen molar-refractivity contribution in [3.63, 3.8) is 0 Å². The summed E-state index contributed by atoms with van der Waals surface area (Å²) in [6, 6.07) is 0. The zero-order chi connectivity index (χ0) is 9.97. The van der Waals surface area contributed by atoms with Crippen LogP contribution < -0.4 is 0 Å². The van der Waals surface area contributed by atoms with Gasteiger partial charge in [0.25, 0.3) is 0 Å². The molecule has 0 aromatic carbocycles. The zero-order valence-electron chi connectivity index (χ0n) is 7.94. The Kier molecular flexibility index (Phi) is 3.62. The maximum atomic E-state index is 5.94. The topological polar surface area (TPSA) is 30.7 Å². The summed E-state index contributed by atoms with van der Waals surface area (Å²) in [5.74, 6) is 4.63. The van der Waals surface area contributed by atoms with Crippen LogP contribution in [0.2, 0.25) is 5.28 Å². The first-order valence-electron chi connectivity index (χ1n) is 4.52. The highest BCUT2D eigenvalue weighted by molar-refractivity contribution is 8.06. The summed E-state index contributed by atoms with van der Waals surface area (Å²) in [6.45, 7) is 2.88. The predicted molar refractivity (Wildman–Crippen MR) is 63.3 cm³/mol. The molecule has 1 unspecified atom stereocenters. The molecular weight excluding hydrogens is 238 g/mol. The number of nitrogens with zero attached hydrogens (tertiary/aromatic N) is 3. The third-order valence-electron chi connectivity index (χ3n) is 2.16. The van der Waals surface area contributed by atoms with Gasteiger partial charge in [-0.15, -0.1) is 10.2 Å². The number of hydrogen-bond acceptors (Lipinski definition) is 4. The molecule has 1 fully saturated rings. The summed E-state index contributed by atoms with van der Waals surface area (Å²) in [5.41, 5.74) is 0. The quantitative estimate of drug-likeness (QED) is 0.803. The first-order valence-corrected chi connectivity index (χ1v) is 7.10. The number of hydrogen-bond donors (Lipinski definition) is 0. The van der Waals surface area contributed by atoms with Crippen molar-refractivity contribution in [1.82, 2.24) is 14.8 Å². The van der Waals surface area contributed by atoms with E-state index in [9.17, 15) is 0 Å². The Balaban J connectivity index is 2.02. The lowest BCUT2D eigenvalue weighted by atomic mass is 10.4. The summed E-state index contributed by atoms with van der Waals surface area (Å²) in [5, 5.41) is 8.96.